The van der Waals surface area contributed by atoms with Gasteiger partial charge in [0.25, 0.3) is 0 Å². The molecule has 0 radical (unpaired) electrons. The maximum Gasteiger partial charge on any atom is 0.389 e. The Morgan fingerprint density at radius 1 is 1.24 bits per heavy atom. The molecule has 0 aromatic carbocycles. The molecule has 1 saturated heterocycles. The van der Waals surface area contributed by atoms with Crippen LogP contribution < -0.4 is 5.32 Å². The van der Waals surface area contributed by atoms with Crippen molar-refractivity contribution in [3.05, 3.63) is 0 Å². The Bertz CT molecular complexity index is 273. The number of hydrogen-bond donors (Lipinski definition) is 1. The van der Waals surface area contributed by atoms with Crippen LogP contribution in [0.25, 0.3) is 0 Å². The summed E-state index contributed by atoms with van der Waals surface area (Å²) in [5, 5.41) is 3.40. The van der Waals surface area contributed by atoms with Gasteiger partial charge in [-0.15, -0.1) is 0 Å². The molecule has 1 rings (SSSR count). The van der Waals surface area contributed by atoms with E-state index >= 15 is 0 Å². The van der Waals surface area contributed by atoms with Gasteiger partial charge in [0.05, 0.1) is 5.60 Å². The fraction of sp³-hybridized carbons (Fsp3) is 1.00. The summed E-state index contributed by atoms with van der Waals surface area (Å²) in [5.74, 6) is 0. The lowest BCUT2D eigenvalue weighted by Crippen LogP contribution is -2.55. The van der Waals surface area contributed by atoms with Gasteiger partial charge in [-0.2, -0.15) is 13.2 Å². The third-order valence-corrected chi connectivity index (χ3v) is 4.00. The first-order chi connectivity index (χ1) is 9.93. The smallest absolute Gasteiger partial charge is 0.381 e. The van der Waals surface area contributed by atoms with E-state index < -0.39 is 12.6 Å². The fourth-order valence-corrected chi connectivity index (χ4v) is 2.97. The molecule has 1 fully saturated rings. The van der Waals surface area contributed by atoms with Crippen molar-refractivity contribution in [3.8, 4) is 0 Å². The normalized spacial score (nSPS) is 20.4. The number of nitrogens with one attached hydrogen (secondary N) is 1. The molecule has 0 bridgehead atoms. The number of hydrogen-bond acceptors (Lipinski definition) is 3. The number of alkyl halides is 3. The van der Waals surface area contributed by atoms with E-state index in [4.69, 9.17) is 9.47 Å². The zero-order valence-electron chi connectivity index (χ0n) is 13.1. The van der Waals surface area contributed by atoms with Crippen LogP contribution in [-0.4, -0.2) is 44.2 Å². The van der Waals surface area contributed by atoms with E-state index in [1.54, 1.807) is 0 Å². The van der Waals surface area contributed by atoms with Crippen LogP contribution in [0.2, 0.25) is 0 Å². The predicted octanol–water partition coefficient (Wildman–Crippen LogP) is 3.67. The van der Waals surface area contributed by atoms with E-state index in [0.717, 1.165) is 25.8 Å². The van der Waals surface area contributed by atoms with Gasteiger partial charge in [0, 0.05) is 45.1 Å². The zero-order valence-corrected chi connectivity index (χ0v) is 13.1. The Morgan fingerprint density at radius 2 is 1.90 bits per heavy atom. The molecule has 1 N–H and O–H groups in total. The van der Waals surface area contributed by atoms with Gasteiger partial charge in [-0.3, -0.25) is 0 Å². The van der Waals surface area contributed by atoms with Gasteiger partial charge >= 0.3 is 6.18 Å². The molecule has 1 atom stereocenters. The molecule has 0 aromatic rings. The quantitative estimate of drug-likeness (QED) is 0.705. The number of halogens is 3. The molecule has 1 aliphatic rings. The summed E-state index contributed by atoms with van der Waals surface area (Å²) >= 11 is 0. The number of rotatable bonds is 9. The minimum atomic E-state index is -4.08. The van der Waals surface area contributed by atoms with Gasteiger partial charge in [-0.25, -0.2) is 0 Å². The molecule has 0 saturated carbocycles. The number of ether oxygens (including phenoxy) is 2. The molecule has 0 spiro atoms. The summed E-state index contributed by atoms with van der Waals surface area (Å²) in [5.41, 5.74) is -0.381. The average molecular weight is 311 g/mol. The Labute approximate surface area is 125 Å². The van der Waals surface area contributed by atoms with Gasteiger partial charge in [-0.05, 0) is 32.7 Å². The van der Waals surface area contributed by atoms with Crippen molar-refractivity contribution in [2.75, 3.05) is 26.4 Å². The second-order valence-corrected chi connectivity index (χ2v) is 5.62. The van der Waals surface area contributed by atoms with Gasteiger partial charge in [0.2, 0.25) is 0 Å². The van der Waals surface area contributed by atoms with Crippen molar-refractivity contribution in [1.82, 2.24) is 5.32 Å². The van der Waals surface area contributed by atoms with Crippen molar-refractivity contribution in [1.29, 1.82) is 0 Å². The van der Waals surface area contributed by atoms with Crippen LogP contribution in [0.4, 0.5) is 13.2 Å². The minimum absolute atomic E-state index is 0.0383. The molecule has 126 valence electrons. The monoisotopic (exact) mass is 311 g/mol. The Morgan fingerprint density at radius 3 is 2.43 bits per heavy atom. The lowest BCUT2D eigenvalue weighted by Gasteiger charge is -2.43. The second-order valence-electron chi connectivity index (χ2n) is 5.62. The fourth-order valence-electron chi connectivity index (χ4n) is 2.97. The van der Waals surface area contributed by atoms with Crippen molar-refractivity contribution in [2.24, 2.45) is 0 Å². The van der Waals surface area contributed by atoms with Crippen LogP contribution in [0.3, 0.4) is 0 Å². The van der Waals surface area contributed by atoms with E-state index in [1.807, 2.05) is 6.92 Å². The van der Waals surface area contributed by atoms with Gasteiger partial charge in [-0.1, -0.05) is 6.92 Å². The highest BCUT2D eigenvalue weighted by Crippen LogP contribution is 2.33. The summed E-state index contributed by atoms with van der Waals surface area (Å²) in [6.07, 6.45) is -1.74. The lowest BCUT2D eigenvalue weighted by molar-refractivity contribution is -0.143. The van der Waals surface area contributed by atoms with Crippen LogP contribution in [0.15, 0.2) is 0 Å². The van der Waals surface area contributed by atoms with E-state index in [0.29, 0.717) is 26.2 Å². The molecular weight excluding hydrogens is 283 g/mol. The van der Waals surface area contributed by atoms with Crippen LogP contribution in [-0.2, 0) is 9.47 Å². The Balaban J connectivity index is 2.67. The van der Waals surface area contributed by atoms with Crippen molar-refractivity contribution < 1.29 is 22.6 Å². The third kappa shape index (κ3) is 6.53. The van der Waals surface area contributed by atoms with E-state index in [2.05, 4.69) is 12.2 Å². The van der Waals surface area contributed by atoms with Crippen LogP contribution in [0, 0.1) is 0 Å². The van der Waals surface area contributed by atoms with E-state index in [1.165, 1.54) is 0 Å². The summed E-state index contributed by atoms with van der Waals surface area (Å²) in [7, 11) is 0. The van der Waals surface area contributed by atoms with Gasteiger partial charge in [0.15, 0.2) is 0 Å². The summed E-state index contributed by atoms with van der Waals surface area (Å²) in [6.45, 7) is 6.59. The van der Waals surface area contributed by atoms with Crippen molar-refractivity contribution >= 4 is 0 Å². The molecule has 0 amide bonds. The third-order valence-electron chi connectivity index (χ3n) is 4.00. The largest absolute Gasteiger partial charge is 0.389 e. The Kier molecular flexibility index (Phi) is 7.98. The molecule has 6 heteroatoms. The first-order valence-corrected chi connectivity index (χ1v) is 7.95. The summed E-state index contributed by atoms with van der Waals surface area (Å²) in [4.78, 5) is 0. The van der Waals surface area contributed by atoms with Crippen LogP contribution >= 0.6 is 0 Å². The average Bonchev–Trinajstić information content (AvgIpc) is 2.42. The first kappa shape index (κ1) is 18.7. The molecule has 0 aliphatic carbocycles. The van der Waals surface area contributed by atoms with E-state index in [9.17, 15) is 13.2 Å². The molecule has 3 nitrogen and oxygen atoms in total. The first-order valence-electron chi connectivity index (χ1n) is 7.95. The highest BCUT2D eigenvalue weighted by atomic mass is 19.4. The summed E-state index contributed by atoms with van der Waals surface area (Å²) < 4.78 is 48.5. The van der Waals surface area contributed by atoms with Crippen LogP contribution in [0.1, 0.15) is 52.4 Å². The van der Waals surface area contributed by atoms with Gasteiger partial charge in [0.1, 0.15) is 0 Å². The lowest BCUT2D eigenvalue weighted by atomic mass is 9.83. The molecule has 1 unspecified atom stereocenters. The SMILES string of the molecule is CCCNC(CCCC(F)(F)F)C1(OCC)CCOCC1. The highest BCUT2D eigenvalue weighted by Gasteiger charge is 2.41. The zero-order chi connectivity index (χ0) is 15.8. The van der Waals surface area contributed by atoms with Crippen molar-refractivity contribution in [3.63, 3.8) is 0 Å². The standard InChI is InChI=1S/C15H28F3NO2/c1-3-10-19-13(6-5-7-15(16,17)18)14(21-4-2)8-11-20-12-9-14/h13,19H,3-12H2,1-2H3. The molecule has 0 aromatic heterocycles. The van der Waals surface area contributed by atoms with Crippen molar-refractivity contribution in [2.45, 2.75) is 70.2 Å². The van der Waals surface area contributed by atoms with Crippen LogP contribution in [0.5, 0.6) is 0 Å². The molecule has 21 heavy (non-hydrogen) atoms. The highest BCUT2D eigenvalue weighted by molar-refractivity contribution is 4.95. The molecule has 1 heterocycles. The second kappa shape index (κ2) is 8.96. The summed E-state index contributed by atoms with van der Waals surface area (Å²) in [6, 6.07) is -0.0383. The maximum absolute atomic E-state index is 12.4. The molecular formula is C15H28F3NO2. The maximum atomic E-state index is 12.4. The minimum Gasteiger partial charge on any atom is -0.381 e. The topological polar surface area (TPSA) is 30.5 Å². The van der Waals surface area contributed by atoms with Gasteiger partial charge < -0.3 is 14.8 Å². The molecule has 1 aliphatic heterocycles. The predicted molar refractivity (Wildman–Crippen MR) is 76.4 cm³/mol. The van der Waals surface area contributed by atoms with E-state index in [-0.39, 0.29) is 18.1 Å². The Hall–Kier alpha value is -0.330.